The number of benzene rings is 2. The Hall–Kier alpha value is -1.34. The summed E-state index contributed by atoms with van der Waals surface area (Å²) in [4.78, 5) is 0. The number of likely N-dealkylation sites (N-methyl/N-ethyl adjacent to an activating group) is 1. The van der Waals surface area contributed by atoms with Gasteiger partial charge in [-0.2, -0.15) is 0 Å². The molecule has 102 valence electrons. The lowest BCUT2D eigenvalue weighted by atomic mass is 9.89. The van der Waals surface area contributed by atoms with Crippen LogP contribution in [0.15, 0.2) is 42.5 Å². The molecule has 0 saturated heterocycles. The molecule has 0 aromatic heterocycles. The van der Waals surface area contributed by atoms with E-state index in [1.54, 1.807) is 0 Å². The van der Waals surface area contributed by atoms with Crippen molar-refractivity contribution in [3.8, 4) is 0 Å². The van der Waals surface area contributed by atoms with Crippen molar-refractivity contribution in [2.24, 2.45) is 0 Å². The lowest BCUT2D eigenvalue weighted by Crippen LogP contribution is -2.33. The highest BCUT2D eigenvalue weighted by Crippen LogP contribution is 2.25. The lowest BCUT2D eigenvalue weighted by molar-refractivity contribution is 0.430. The minimum atomic E-state index is 0.560. The third kappa shape index (κ3) is 3.36. The first kappa shape index (κ1) is 14.1. The van der Waals surface area contributed by atoms with Crippen molar-refractivity contribution < 1.29 is 0 Å². The summed E-state index contributed by atoms with van der Waals surface area (Å²) in [6, 6.07) is 16.1. The first-order valence-corrected chi connectivity index (χ1v) is 7.48. The van der Waals surface area contributed by atoms with E-state index < -0.39 is 0 Å². The highest BCUT2D eigenvalue weighted by atomic mass is 14.9. The summed E-state index contributed by atoms with van der Waals surface area (Å²) in [6.45, 7) is 7.84. The molecule has 1 N–H and O–H groups in total. The van der Waals surface area contributed by atoms with Gasteiger partial charge in [0, 0.05) is 6.04 Å². The Bertz CT molecular complexity index is 512. The number of hydrogen-bond acceptors (Lipinski definition) is 1. The van der Waals surface area contributed by atoms with Gasteiger partial charge in [0.2, 0.25) is 0 Å². The number of fused-ring (bicyclic) bond motifs is 1. The molecular weight excluding hydrogens is 230 g/mol. The molecule has 2 aromatic rings. The van der Waals surface area contributed by atoms with Gasteiger partial charge in [-0.1, -0.05) is 69.7 Å². The van der Waals surface area contributed by atoms with Crippen LogP contribution in [0.25, 0.3) is 10.8 Å². The van der Waals surface area contributed by atoms with Crippen LogP contribution < -0.4 is 5.32 Å². The summed E-state index contributed by atoms with van der Waals surface area (Å²) in [7, 11) is 0. The Labute approximate surface area is 117 Å². The maximum Gasteiger partial charge on any atom is 0.0133 e. The second-order valence-corrected chi connectivity index (χ2v) is 5.35. The Morgan fingerprint density at radius 1 is 1.00 bits per heavy atom. The van der Waals surface area contributed by atoms with Gasteiger partial charge >= 0.3 is 0 Å². The van der Waals surface area contributed by atoms with Gasteiger partial charge < -0.3 is 5.32 Å². The van der Waals surface area contributed by atoms with Crippen LogP contribution in [0, 0.1) is 0 Å². The van der Waals surface area contributed by atoms with Gasteiger partial charge in [-0.25, -0.2) is 0 Å². The fraction of sp³-hybridized carbons (Fsp3) is 0.444. The highest BCUT2D eigenvalue weighted by Gasteiger charge is 2.17. The van der Waals surface area contributed by atoms with Crippen molar-refractivity contribution in [2.45, 2.75) is 45.6 Å². The number of nitrogens with one attached hydrogen (secondary N) is 1. The van der Waals surface area contributed by atoms with Crippen LogP contribution in [0.2, 0.25) is 0 Å². The third-order valence-electron chi connectivity index (χ3n) is 3.97. The van der Waals surface area contributed by atoms with Gasteiger partial charge in [0.15, 0.2) is 0 Å². The quantitative estimate of drug-likeness (QED) is 0.787. The minimum Gasteiger partial charge on any atom is -0.314 e. The first-order valence-electron chi connectivity index (χ1n) is 7.48. The molecule has 0 radical (unpaired) electrons. The minimum absolute atomic E-state index is 0.560. The van der Waals surface area contributed by atoms with Gasteiger partial charge in [0.25, 0.3) is 0 Å². The molecule has 2 unspecified atom stereocenters. The van der Waals surface area contributed by atoms with Crippen LogP contribution in [-0.2, 0) is 0 Å². The average molecular weight is 255 g/mol. The normalized spacial score (nSPS) is 14.5. The van der Waals surface area contributed by atoms with E-state index in [0.29, 0.717) is 12.0 Å². The summed E-state index contributed by atoms with van der Waals surface area (Å²) < 4.78 is 0. The topological polar surface area (TPSA) is 12.0 Å². The Kier molecular flexibility index (Phi) is 4.98. The molecule has 0 amide bonds. The molecule has 0 spiro atoms. The molecule has 0 bridgehead atoms. The second-order valence-electron chi connectivity index (χ2n) is 5.35. The van der Waals surface area contributed by atoms with Crippen LogP contribution in [0.4, 0.5) is 0 Å². The fourth-order valence-corrected chi connectivity index (χ4v) is 2.83. The van der Waals surface area contributed by atoms with Crippen LogP contribution in [0.5, 0.6) is 0 Å². The van der Waals surface area contributed by atoms with Crippen molar-refractivity contribution in [3.63, 3.8) is 0 Å². The monoisotopic (exact) mass is 255 g/mol. The van der Waals surface area contributed by atoms with Crippen LogP contribution in [0.3, 0.4) is 0 Å². The van der Waals surface area contributed by atoms with Crippen molar-refractivity contribution >= 4 is 10.8 Å². The maximum absolute atomic E-state index is 3.63. The zero-order chi connectivity index (χ0) is 13.7. The summed E-state index contributed by atoms with van der Waals surface area (Å²) in [5.41, 5.74) is 1.44. The second kappa shape index (κ2) is 6.72. The molecule has 0 aliphatic carbocycles. The van der Waals surface area contributed by atoms with Crippen LogP contribution in [-0.4, -0.2) is 12.6 Å². The van der Waals surface area contributed by atoms with Crippen molar-refractivity contribution in [1.82, 2.24) is 5.32 Å². The maximum atomic E-state index is 3.63. The SMILES string of the molecule is CCCC(NCC)C(C)c1ccc2ccccc2c1. The molecule has 0 saturated carbocycles. The van der Waals surface area contributed by atoms with Gasteiger partial charge in [0.1, 0.15) is 0 Å². The lowest BCUT2D eigenvalue weighted by Gasteiger charge is -2.25. The van der Waals surface area contributed by atoms with Crippen molar-refractivity contribution in [1.29, 1.82) is 0 Å². The predicted octanol–water partition coefficient (Wildman–Crippen LogP) is 4.72. The molecule has 0 aliphatic heterocycles. The summed E-state index contributed by atoms with van der Waals surface area (Å²) >= 11 is 0. The van der Waals surface area contributed by atoms with E-state index in [0.717, 1.165) is 6.54 Å². The fourth-order valence-electron chi connectivity index (χ4n) is 2.83. The van der Waals surface area contributed by atoms with Gasteiger partial charge in [-0.3, -0.25) is 0 Å². The molecule has 2 rings (SSSR count). The largest absolute Gasteiger partial charge is 0.314 e. The van der Waals surface area contributed by atoms with E-state index in [1.807, 2.05) is 0 Å². The van der Waals surface area contributed by atoms with E-state index in [2.05, 4.69) is 68.6 Å². The molecule has 0 heterocycles. The third-order valence-corrected chi connectivity index (χ3v) is 3.97. The van der Waals surface area contributed by atoms with Crippen molar-refractivity contribution in [2.75, 3.05) is 6.54 Å². The molecule has 2 aromatic carbocycles. The zero-order valence-corrected chi connectivity index (χ0v) is 12.3. The summed E-state index contributed by atoms with van der Waals surface area (Å²) in [5, 5.41) is 6.30. The smallest absolute Gasteiger partial charge is 0.0133 e. The van der Waals surface area contributed by atoms with E-state index in [4.69, 9.17) is 0 Å². The van der Waals surface area contributed by atoms with E-state index in [1.165, 1.54) is 29.2 Å². The summed E-state index contributed by atoms with van der Waals surface area (Å²) in [6.07, 6.45) is 2.47. The molecule has 1 heteroatoms. The van der Waals surface area contributed by atoms with E-state index >= 15 is 0 Å². The van der Waals surface area contributed by atoms with Crippen LogP contribution in [0.1, 0.15) is 45.1 Å². The molecular formula is C18H25N. The molecule has 2 atom stereocenters. The molecule has 0 fully saturated rings. The number of hydrogen-bond donors (Lipinski definition) is 1. The molecule has 19 heavy (non-hydrogen) atoms. The average Bonchev–Trinajstić information content (AvgIpc) is 2.46. The first-order chi connectivity index (χ1) is 9.26. The Morgan fingerprint density at radius 3 is 2.42 bits per heavy atom. The Morgan fingerprint density at radius 2 is 1.74 bits per heavy atom. The van der Waals surface area contributed by atoms with Gasteiger partial charge in [-0.15, -0.1) is 0 Å². The molecule has 1 nitrogen and oxygen atoms in total. The van der Waals surface area contributed by atoms with Crippen LogP contribution >= 0.6 is 0 Å². The standard InChI is InChI=1S/C18H25N/c1-4-8-18(19-5-2)14(3)16-12-11-15-9-6-7-10-17(15)13-16/h6-7,9-14,18-19H,4-5,8H2,1-3H3. The predicted molar refractivity (Wildman–Crippen MR) is 84.7 cm³/mol. The van der Waals surface area contributed by atoms with Crippen molar-refractivity contribution in [3.05, 3.63) is 48.0 Å². The zero-order valence-electron chi connectivity index (χ0n) is 12.3. The van der Waals surface area contributed by atoms with Gasteiger partial charge in [0.05, 0.1) is 0 Å². The summed E-state index contributed by atoms with van der Waals surface area (Å²) in [5.74, 6) is 0.560. The van der Waals surface area contributed by atoms with Gasteiger partial charge in [-0.05, 0) is 35.2 Å². The van der Waals surface area contributed by atoms with E-state index in [9.17, 15) is 0 Å². The Balaban J connectivity index is 2.26. The molecule has 0 aliphatic rings. The highest BCUT2D eigenvalue weighted by molar-refractivity contribution is 5.83. The van der Waals surface area contributed by atoms with E-state index in [-0.39, 0.29) is 0 Å². The number of rotatable bonds is 6.